The predicted molar refractivity (Wildman–Crippen MR) is 108 cm³/mol. The Labute approximate surface area is 169 Å². The average molecular weight is 420 g/mol. The number of nitro benzene ring substituents is 1. The number of aromatic nitrogens is 1. The molecule has 0 aliphatic carbocycles. The van der Waals surface area contributed by atoms with E-state index in [1.54, 1.807) is 12.3 Å². The van der Waals surface area contributed by atoms with Crippen molar-refractivity contribution in [3.8, 4) is 5.88 Å². The zero-order chi connectivity index (χ0) is 20.9. The van der Waals surface area contributed by atoms with Gasteiger partial charge in [-0.2, -0.15) is 4.31 Å². The molecule has 9 nitrogen and oxygen atoms in total. The van der Waals surface area contributed by atoms with Crippen molar-refractivity contribution in [1.82, 2.24) is 9.29 Å². The molecular formula is C19H24N4O5S. The van der Waals surface area contributed by atoms with Gasteiger partial charge >= 0.3 is 0 Å². The number of hydrogen-bond acceptors (Lipinski definition) is 7. The molecule has 0 atom stereocenters. The van der Waals surface area contributed by atoms with Gasteiger partial charge in [-0.25, -0.2) is 13.4 Å². The predicted octanol–water partition coefficient (Wildman–Crippen LogP) is 3.18. The summed E-state index contributed by atoms with van der Waals surface area (Å²) in [6.45, 7) is 3.63. The fourth-order valence-electron chi connectivity index (χ4n) is 3.13. The second kappa shape index (κ2) is 9.19. The molecule has 3 rings (SSSR count). The molecule has 2 aromatic rings. The number of hydrogen-bond donors (Lipinski definition) is 1. The Morgan fingerprint density at radius 3 is 2.72 bits per heavy atom. The minimum absolute atomic E-state index is 0.0893. The van der Waals surface area contributed by atoms with Gasteiger partial charge in [0.25, 0.3) is 5.69 Å². The molecule has 29 heavy (non-hydrogen) atoms. The molecule has 10 heteroatoms. The number of pyridine rings is 1. The SMILES string of the molecule is CCCOc1ncccc1CNc1ccc([N+](=O)[O-])cc1S(=O)(=O)N1CCCC1. The molecule has 1 aromatic carbocycles. The zero-order valence-electron chi connectivity index (χ0n) is 16.2. The summed E-state index contributed by atoms with van der Waals surface area (Å²) in [5.41, 5.74) is 0.818. The standard InChI is InChI=1S/C19H24N4O5S/c1-2-12-28-19-15(6-5-9-20-19)14-21-17-8-7-16(23(24)25)13-18(17)29(26,27)22-10-3-4-11-22/h5-9,13,21H,2-4,10-12,14H2,1H3. The minimum Gasteiger partial charge on any atom is -0.477 e. The van der Waals surface area contributed by atoms with Gasteiger partial charge in [0.2, 0.25) is 15.9 Å². The summed E-state index contributed by atoms with van der Waals surface area (Å²) in [5.74, 6) is 0.479. The lowest BCUT2D eigenvalue weighted by atomic mass is 10.2. The highest BCUT2D eigenvalue weighted by molar-refractivity contribution is 7.89. The summed E-state index contributed by atoms with van der Waals surface area (Å²) in [6, 6.07) is 7.46. The second-order valence-electron chi connectivity index (χ2n) is 6.72. The zero-order valence-corrected chi connectivity index (χ0v) is 17.0. The molecule has 0 saturated carbocycles. The van der Waals surface area contributed by atoms with Gasteiger partial charge in [-0.1, -0.05) is 13.0 Å². The van der Waals surface area contributed by atoms with Crippen LogP contribution in [0.1, 0.15) is 31.7 Å². The van der Waals surface area contributed by atoms with E-state index >= 15 is 0 Å². The highest BCUT2D eigenvalue weighted by Gasteiger charge is 2.31. The molecule has 1 N–H and O–H groups in total. The normalized spacial score (nSPS) is 14.7. The fourth-order valence-corrected chi connectivity index (χ4v) is 4.83. The van der Waals surface area contributed by atoms with E-state index in [0.717, 1.165) is 30.9 Å². The molecule has 0 bridgehead atoms. The number of non-ortho nitro benzene ring substituents is 1. The van der Waals surface area contributed by atoms with Crippen molar-refractivity contribution >= 4 is 21.4 Å². The van der Waals surface area contributed by atoms with Crippen molar-refractivity contribution in [3.63, 3.8) is 0 Å². The Kier molecular flexibility index (Phi) is 6.65. The van der Waals surface area contributed by atoms with Crippen LogP contribution in [0, 0.1) is 10.1 Å². The van der Waals surface area contributed by atoms with E-state index in [9.17, 15) is 18.5 Å². The van der Waals surface area contributed by atoms with E-state index < -0.39 is 14.9 Å². The molecule has 1 aliphatic rings. The van der Waals surface area contributed by atoms with E-state index in [-0.39, 0.29) is 17.1 Å². The van der Waals surface area contributed by atoms with Crippen LogP contribution in [0.2, 0.25) is 0 Å². The number of ether oxygens (including phenoxy) is 1. The number of rotatable bonds is 9. The molecular weight excluding hydrogens is 396 g/mol. The number of anilines is 1. The van der Waals surface area contributed by atoms with Crippen molar-refractivity contribution in [1.29, 1.82) is 0 Å². The number of benzene rings is 1. The molecule has 0 unspecified atom stereocenters. The van der Waals surface area contributed by atoms with Crippen molar-refractivity contribution in [3.05, 3.63) is 52.2 Å². The fraction of sp³-hybridized carbons (Fsp3) is 0.421. The lowest BCUT2D eigenvalue weighted by Gasteiger charge is -2.19. The first-order valence-electron chi connectivity index (χ1n) is 9.52. The molecule has 1 aliphatic heterocycles. The van der Waals surface area contributed by atoms with Crippen molar-refractivity contribution in [2.24, 2.45) is 0 Å². The van der Waals surface area contributed by atoms with E-state index in [4.69, 9.17) is 4.74 Å². The van der Waals surface area contributed by atoms with Gasteiger partial charge in [-0.05, 0) is 31.4 Å². The van der Waals surface area contributed by atoms with Gasteiger partial charge in [-0.15, -0.1) is 0 Å². The molecule has 156 valence electrons. The van der Waals surface area contributed by atoms with Crippen molar-refractivity contribution in [2.45, 2.75) is 37.6 Å². The number of nitrogens with one attached hydrogen (secondary N) is 1. The summed E-state index contributed by atoms with van der Waals surface area (Å²) in [7, 11) is -3.83. The first-order chi connectivity index (χ1) is 13.9. The Morgan fingerprint density at radius 2 is 2.03 bits per heavy atom. The van der Waals surface area contributed by atoms with E-state index in [2.05, 4.69) is 10.3 Å². The highest BCUT2D eigenvalue weighted by Crippen LogP contribution is 2.31. The Bertz CT molecular complexity index is 974. The van der Waals surface area contributed by atoms with Gasteiger partial charge in [0.05, 0.1) is 17.2 Å². The maximum absolute atomic E-state index is 13.1. The maximum atomic E-state index is 13.1. The lowest BCUT2D eigenvalue weighted by molar-refractivity contribution is -0.385. The van der Waals surface area contributed by atoms with Crippen molar-refractivity contribution < 1.29 is 18.1 Å². The van der Waals surface area contributed by atoms with Crippen LogP contribution in [0.15, 0.2) is 41.4 Å². The van der Waals surface area contributed by atoms with Gasteiger partial charge in [0.15, 0.2) is 0 Å². The molecule has 2 heterocycles. The van der Waals surface area contributed by atoms with E-state index in [0.29, 0.717) is 31.3 Å². The maximum Gasteiger partial charge on any atom is 0.270 e. The monoisotopic (exact) mass is 420 g/mol. The van der Waals surface area contributed by atoms with E-state index in [1.807, 2.05) is 13.0 Å². The van der Waals surface area contributed by atoms with Crippen LogP contribution in [-0.2, 0) is 16.6 Å². The number of nitrogens with zero attached hydrogens (tertiary/aromatic N) is 3. The van der Waals surface area contributed by atoms with Crippen LogP contribution in [0.25, 0.3) is 0 Å². The van der Waals surface area contributed by atoms with Gasteiger partial charge in [0, 0.05) is 43.5 Å². The molecule has 1 fully saturated rings. The Balaban J connectivity index is 1.91. The topological polar surface area (TPSA) is 115 Å². The van der Waals surface area contributed by atoms with Gasteiger partial charge in [0.1, 0.15) is 4.90 Å². The summed E-state index contributed by atoms with van der Waals surface area (Å²) in [5, 5.41) is 14.3. The average Bonchev–Trinajstić information content (AvgIpc) is 3.27. The summed E-state index contributed by atoms with van der Waals surface area (Å²) in [6.07, 6.45) is 4.03. The summed E-state index contributed by atoms with van der Waals surface area (Å²) in [4.78, 5) is 14.7. The van der Waals surface area contributed by atoms with Gasteiger partial charge in [-0.3, -0.25) is 10.1 Å². The third-order valence-electron chi connectivity index (χ3n) is 4.62. The number of sulfonamides is 1. The molecule has 0 spiro atoms. The van der Waals surface area contributed by atoms with Crippen LogP contribution in [0.4, 0.5) is 11.4 Å². The largest absolute Gasteiger partial charge is 0.477 e. The first-order valence-corrected chi connectivity index (χ1v) is 11.0. The Morgan fingerprint density at radius 1 is 1.28 bits per heavy atom. The quantitative estimate of drug-likeness (QED) is 0.489. The highest BCUT2D eigenvalue weighted by atomic mass is 32.2. The minimum atomic E-state index is -3.83. The van der Waals surface area contributed by atoms with Crippen LogP contribution in [0.3, 0.4) is 0 Å². The van der Waals surface area contributed by atoms with Crippen molar-refractivity contribution in [2.75, 3.05) is 25.0 Å². The smallest absolute Gasteiger partial charge is 0.270 e. The third-order valence-corrected chi connectivity index (χ3v) is 6.56. The molecule has 1 saturated heterocycles. The van der Waals surface area contributed by atoms with Crippen LogP contribution < -0.4 is 10.1 Å². The summed E-state index contributed by atoms with van der Waals surface area (Å²) >= 11 is 0. The number of nitro groups is 1. The van der Waals surface area contributed by atoms with Crippen LogP contribution >= 0.6 is 0 Å². The van der Waals surface area contributed by atoms with Gasteiger partial charge < -0.3 is 10.1 Å². The Hall–Kier alpha value is -2.72. The van der Waals surface area contributed by atoms with Crippen LogP contribution in [0.5, 0.6) is 5.88 Å². The third kappa shape index (κ3) is 4.83. The second-order valence-corrected chi connectivity index (χ2v) is 8.62. The first kappa shape index (κ1) is 21.0. The molecule has 1 aromatic heterocycles. The molecule has 0 radical (unpaired) electrons. The van der Waals surface area contributed by atoms with E-state index in [1.165, 1.54) is 16.4 Å². The lowest BCUT2D eigenvalue weighted by Crippen LogP contribution is -2.28. The molecule has 0 amide bonds. The van der Waals surface area contributed by atoms with Crippen LogP contribution in [-0.4, -0.2) is 42.3 Å². The summed E-state index contributed by atoms with van der Waals surface area (Å²) < 4.78 is 33.2.